The van der Waals surface area contributed by atoms with Crippen molar-refractivity contribution in [2.75, 3.05) is 68.7 Å². The van der Waals surface area contributed by atoms with Gasteiger partial charge in [-0.15, -0.1) is 0 Å². The van der Waals surface area contributed by atoms with E-state index in [-0.39, 0.29) is 19.3 Å². The van der Waals surface area contributed by atoms with Gasteiger partial charge in [-0.1, -0.05) is 0 Å². The van der Waals surface area contributed by atoms with E-state index in [0.717, 1.165) is 0 Å². The van der Waals surface area contributed by atoms with E-state index in [2.05, 4.69) is 0 Å². The van der Waals surface area contributed by atoms with Crippen LogP contribution in [0.3, 0.4) is 0 Å². The molecule has 140 valence electrons. The molecule has 0 fully saturated rings. The highest BCUT2D eigenvalue weighted by molar-refractivity contribution is 4.61. The fraction of sp³-hybridized carbons (Fsp3) is 1.00. The zero-order valence-electron chi connectivity index (χ0n) is 15.9. The van der Waals surface area contributed by atoms with Gasteiger partial charge in [0, 0.05) is 20.0 Å². The lowest BCUT2D eigenvalue weighted by Gasteiger charge is -2.39. The first-order valence-electron chi connectivity index (χ1n) is 8.14. The van der Waals surface area contributed by atoms with Crippen LogP contribution in [0, 0.1) is 0 Å². The summed E-state index contributed by atoms with van der Waals surface area (Å²) in [7, 11) is 11.5. The average molecular weight is 338 g/mol. The van der Waals surface area contributed by atoms with Gasteiger partial charge in [-0.2, -0.15) is 0 Å². The van der Waals surface area contributed by atoms with E-state index in [1.165, 1.54) is 0 Å². The molecule has 7 heteroatoms. The van der Waals surface area contributed by atoms with Gasteiger partial charge in [-0.3, -0.25) is 0 Å². The van der Waals surface area contributed by atoms with E-state index in [1.807, 2.05) is 42.3 Å². The Kier molecular flexibility index (Phi) is 9.15. The molecule has 0 amide bonds. The summed E-state index contributed by atoms with van der Waals surface area (Å²) >= 11 is 0. The molecule has 0 aromatic carbocycles. The van der Waals surface area contributed by atoms with Gasteiger partial charge in [0.05, 0.1) is 61.6 Å². The van der Waals surface area contributed by atoms with Crippen LogP contribution in [0.2, 0.25) is 0 Å². The Morgan fingerprint density at radius 1 is 1.04 bits per heavy atom. The summed E-state index contributed by atoms with van der Waals surface area (Å²) in [5.41, 5.74) is -0.996. The number of hydrogen-bond donors (Lipinski definition) is 3. The van der Waals surface area contributed by atoms with Gasteiger partial charge >= 0.3 is 0 Å². The largest absolute Gasteiger partial charge is 0.396 e. The zero-order chi connectivity index (χ0) is 18.3. The summed E-state index contributed by atoms with van der Waals surface area (Å²) in [6, 6.07) is 0. The SMILES string of the molecule is CC(O)(COCC(CCO)OCCC(O)[N+](C)(C)C)[N+](C)(C)C. The molecule has 3 atom stereocenters. The Labute approximate surface area is 141 Å². The molecule has 0 radical (unpaired) electrons. The molecule has 3 N–H and O–H groups in total. The molecule has 0 bridgehead atoms. The van der Waals surface area contributed by atoms with Gasteiger partial charge in [-0.05, 0) is 6.42 Å². The number of nitrogens with zero attached hydrogens (tertiary/aromatic N) is 2. The van der Waals surface area contributed by atoms with Crippen molar-refractivity contribution in [1.82, 2.24) is 0 Å². The number of likely N-dealkylation sites (N-methyl/N-ethyl adjacent to an activating group) is 1. The van der Waals surface area contributed by atoms with Crippen LogP contribution < -0.4 is 0 Å². The molecule has 0 heterocycles. The molecule has 0 aliphatic carbocycles. The molecule has 0 rings (SSSR count). The summed E-state index contributed by atoms with van der Waals surface area (Å²) < 4.78 is 12.1. The summed E-state index contributed by atoms with van der Waals surface area (Å²) in [5.74, 6) is 0. The Bertz CT molecular complexity index is 323. The van der Waals surface area contributed by atoms with Gasteiger partial charge < -0.3 is 33.8 Å². The van der Waals surface area contributed by atoms with Gasteiger partial charge in [-0.25, -0.2) is 0 Å². The molecule has 0 saturated heterocycles. The van der Waals surface area contributed by atoms with Crippen LogP contribution in [0.4, 0.5) is 0 Å². The lowest BCUT2D eigenvalue weighted by atomic mass is 10.2. The Morgan fingerprint density at radius 2 is 1.61 bits per heavy atom. The quantitative estimate of drug-likeness (QED) is 0.333. The second kappa shape index (κ2) is 9.27. The first-order valence-corrected chi connectivity index (χ1v) is 8.14. The van der Waals surface area contributed by atoms with E-state index in [4.69, 9.17) is 14.6 Å². The lowest BCUT2D eigenvalue weighted by Crippen LogP contribution is -2.58. The van der Waals surface area contributed by atoms with Crippen LogP contribution in [0.25, 0.3) is 0 Å². The molecule has 3 unspecified atom stereocenters. The standard InChI is InChI=1S/C16H38N2O5/c1-16(21,18(5,6)7)13-22-12-14(8-10-19)23-11-9-15(20)17(2,3)4/h14-15,19-21H,8-13H2,1-7H3/q+2. The van der Waals surface area contributed by atoms with Crippen molar-refractivity contribution >= 4 is 0 Å². The Balaban J connectivity index is 4.23. The molecular weight excluding hydrogens is 300 g/mol. The molecular formula is C16H38N2O5+2. The second-order valence-electron chi connectivity index (χ2n) is 8.14. The number of ether oxygens (including phenoxy) is 2. The lowest BCUT2D eigenvalue weighted by molar-refractivity contribution is -0.948. The van der Waals surface area contributed by atoms with Crippen molar-refractivity contribution in [3.8, 4) is 0 Å². The predicted octanol–water partition coefficient (Wildman–Crippen LogP) is -0.400. The first-order chi connectivity index (χ1) is 10.3. The van der Waals surface area contributed by atoms with E-state index < -0.39 is 12.0 Å². The summed E-state index contributed by atoms with van der Waals surface area (Å²) in [6.45, 7) is 2.63. The number of quaternary nitrogens is 2. The van der Waals surface area contributed by atoms with Crippen LogP contribution in [0.1, 0.15) is 19.8 Å². The van der Waals surface area contributed by atoms with Gasteiger partial charge in [0.15, 0.2) is 6.23 Å². The number of hydrogen-bond acceptors (Lipinski definition) is 5. The van der Waals surface area contributed by atoms with Gasteiger partial charge in [0.25, 0.3) is 0 Å². The summed E-state index contributed by atoms with van der Waals surface area (Å²) in [6.07, 6.45) is 0.238. The maximum atomic E-state index is 10.4. The van der Waals surface area contributed by atoms with Crippen LogP contribution in [-0.2, 0) is 9.47 Å². The van der Waals surface area contributed by atoms with E-state index >= 15 is 0 Å². The highest BCUT2D eigenvalue weighted by Crippen LogP contribution is 2.15. The van der Waals surface area contributed by atoms with E-state index in [1.54, 1.807) is 6.92 Å². The van der Waals surface area contributed by atoms with Crippen molar-refractivity contribution in [1.29, 1.82) is 0 Å². The average Bonchev–Trinajstić information content (AvgIpc) is 2.35. The smallest absolute Gasteiger partial charge is 0.221 e. The third-order valence-electron chi connectivity index (χ3n) is 4.20. The number of rotatable bonds is 12. The maximum Gasteiger partial charge on any atom is 0.221 e. The minimum absolute atomic E-state index is 0.0115. The topological polar surface area (TPSA) is 79.2 Å². The molecule has 0 aromatic heterocycles. The molecule has 0 aliphatic rings. The highest BCUT2D eigenvalue weighted by Gasteiger charge is 2.36. The Morgan fingerprint density at radius 3 is 2.04 bits per heavy atom. The van der Waals surface area contributed by atoms with E-state index in [0.29, 0.717) is 35.0 Å². The summed E-state index contributed by atoms with van der Waals surface area (Å²) in [4.78, 5) is 0. The second-order valence-corrected chi connectivity index (χ2v) is 8.14. The third-order valence-corrected chi connectivity index (χ3v) is 4.20. The fourth-order valence-corrected chi connectivity index (χ4v) is 1.66. The Hall–Kier alpha value is -0.280. The highest BCUT2D eigenvalue weighted by atomic mass is 16.5. The number of aliphatic hydroxyl groups is 3. The first kappa shape index (κ1) is 22.7. The maximum absolute atomic E-state index is 10.4. The third kappa shape index (κ3) is 8.95. The zero-order valence-corrected chi connectivity index (χ0v) is 15.9. The van der Waals surface area contributed by atoms with Crippen molar-refractivity contribution in [3.05, 3.63) is 0 Å². The monoisotopic (exact) mass is 338 g/mol. The summed E-state index contributed by atoms with van der Waals surface area (Å²) in [5, 5.41) is 29.5. The van der Waals surface area contributed by atoms with Crippen molar-refractivity contribution in [2.24, 2.45) is 0 Å². The molecule has 7 nitrogen and oxygen atoms in total. The van der Waals surface area contributed by atoms with Gasteiger partial charge in [0.1, 0.15) is 6.61 Å². The van der Waals surface area contributed by atoms with Crippen LogP contribution in [-0.4, -0.2) is 111 Å². The van der Waals surface area contributed by atoms with Crippen molar-refractivity contribution < 1.29 is 33.8 Å². The molecule has 0 spiro atoms. The molecule has 0 saturated carbocycles. The molecule has 23 heavy (non-hydrogen) atoms. The van der Waals surface area contributed by atoms with Gasteiger partial charge in [0.2, 0.25) is 5.72 Å². The van der Waals surface area contributed by atoms with Crippen LogP contribution in [0.15, 0.2) is 0 Å². The fourth-order valence-electron chi connectivity index (χ4n) is 1.66. The van der Waals surface area contributed by atoms with Crippen LogP contribution in [0.5, 0.6) is 0 Å². The minimum atomic E-state index is -0.996. The van der Waals surface area contributed by atoms with Crippen LogP contribution >= 0.6 is 0 Å². The minimum Gasteiger partial charge on any atom is -0.396 e. The molecule has 0 aromatic rings. The normalized spacial score (nSPS) is 18.5. The van der Waals surface area contributed by atoms with Crippen molar-refractivity contribution in [3.63, 3.8) is 0 Å². The van der Waals surface area contributed by atoms with Crippen molar-refractivity contribution in [2.45, 2.75) is 37.8 Å². The molecule has 0 aliphatic heterocycles. The van der Waals surface area contributed by atoms with E-state index in [9.17, 15) is 10.2 Å². The predicted molar refractivity (Wildman–Crippen MR) is 89.6 cm³/mol. The number of aliphatic hydroxyl groups excluding tert-OH is 2.